The molecule has 1 aromatic rings. The number of H-pyrrole nitrogens is 1. The van der Waals surface area contributed by atoms with Crippen LogP contribution < -0.4 is 11.5 Å². The van der Waals surface area contributed by atoms with Gasteiger partial charge in [-0.15, -0.1) is 0 Å². The number of rotatable bonds is 0. The van der Waals surface area contributed by atoms with E-state index in [4.69, 9.17) is 5.84 Å². The molecular weight excluding hydrogens is 156 g/mol. The molecule has 0 fully saturated rings. The van der Waals surface area contributed by atoms with Crippen LogP contribution in [0, 0.1) is 0 Å². The summed E-state index contributed by atoms with van der Waals surface area (Å²) >= 11 is 0. The van der Waals surface area contributed by atoms with Gasteiger partial charge >= 0.3 is 5.69 Å². The fraction of sp³-hybridized carbons (Fsp3) is 0.571. The summed E-state index contributed by atoms with van der Waals surface area (Å²) in [5, 5.41) is 0. The van der Waals surface area contributed by atoms with E-state index in [9.17, 15) is 4.79 Å². The molecule has 0 spiro atoms. The quantitative estimate of drug-likeness (QED) is 0.482. The number of aromatic amines is 1. The highest BCUT2D eigenvalue weighted by molar-refractivity contribution is 5.16. The highest BCUT2D eigenvalue weighted by atomic mass is 16.1. The summed E-state index contributed by atoms with van der Waals surface area (Å²) in [4.78, 5) is 16.0. The Morgan fingerprint density at radius 2 is 2.33 bits per heavy atom. The SMILES string of the molecule is CN1CCc2c([nH]c(=O)n2N)C1. The van der Waals surface area contributed by atoms with Gasteiger partial charge in [0.1, 0.15) is 0 Å². The van der Waals surface area contributed by atoms with Crippen molar-refractivity contribution >= 4 is 0 Å². The van der Waals surface area contributed by atoms with Crippen molar-refractivity contribution in [2.24, 2.45) is 0 Å². The number of hydrogen-bond donors (Lipinski definition) is 2. The third kappa shape index (κ3) is 0.937. The van der Waals surface area contributed by atoms with E-state index in [0.717, 1.165) is 30.9 Å². The number of imidazole rings is 1. The predicted molar refractivity (Wildman–Crippen MR) is 45.2 cm³/mol. The summed E-state index contributed by atoms with van der Waals surface area (Å²) in [7, 11) is 2.02. The second kappa shape index (κ2) is 2.38. The van der Waals surface area contributed by atoms with Crippen LogP contribution in [0.5, 0.6) is 0 Å². The van der Waals surface area contributed by atoms with Crippen LogP contribution in [-0.4, -0.2) is 28.2 Å². The predicted octanol–water partition coefficient (Wildman–Crippen LogP) is -1.12. The van der Waals surface area contributed by atoms with Crippen LogP contribution in [0.3, 0.4) is 0 Å². The molecule has 1 aromatic heterocycles. The molecule has 0 aliphatic carbocycles. The van der Waals surface area contributed by atoms with Crippen LogP contribution in [0.2, 0.25) is 0 Å². The Morgan fingerprint density at radius 3 is 3.08 bits per heavy atom. The lowest BCUT2D eigenvalue weighted by atomic mass is 10.1. The molecule has 5 nitrogen and oxygen atoms in total. The zero-order valence-corrected chi connectivity index (χ0v) is 7.00. The van der Waals surface area contributed by atoms with Gasteiger partial charge in [-0.05, 0) is 7.05 Å². The Bertz CT molecular complexity index is 351. The van der Waals surface area contributed by atoms with Gasteiger partial charge in [0.15, 0.2) is 0 Å². The van der Waals surface area contributed by atoms with Crippen molar-refractivity contribution in [1.29, 1.82) is 0 Å². The highest BCUT2D eigenvalue weighted by Gasteiger charge is 2.18. The molecule has 0 radical (unpaired) electrons. The summed E-state index contributed by atoms with van der Waals surface area (Å²) in [6, 6.07) is 0. The average molecular weight is 168 g/mol. The Morgan fingerprint density at radius 1 is 1.58 bits per heavy atom. The average Bonchev–Trinajstić information content (AvgIpc) is 2.28. The van der Waals surface area contributed by atoms with Crippen molar-refractivity contribution in [3.8, 4) is 0 Å². The first-order valence-corrected chi connectivity index (χ1v) is 3.95. The minimum atomic E-state index is -0.213. The van der Waals surface area contributed by atoms with Crippen molar-refractivity contribution < 1.29 is 0 Å². The molecule has 3 N–H and O–H groups in total. The van der Waals surface area contributed by atoms with Crippen molar-refractivity contribution in [1.82, 2.24) is 14.6 Å². The van der Waals surface area contributed by atoms with Gasteiger partial charge in [-0.3, -0.25) is 0 Å². The maximum atomic E-state index is 11.1. The van der Waals surface area contributed by atoms with Gasteiger partial charge in [0, 0.05) is 19.5 Å². The van der Waals surface area contributed by atoms with Gasteiger partial charge in [0.2, 0.25) is 0 Å². The molecule has 2 heterocycles. The summed E-state index contributed by atoms with van der Waals surface area (Å²) in [6.45, 7) is 1.75. The number of likely N-dealkylation sites (N-methyl/N-ethyl adjacent to an activating group) is 1. The molecule has 0 aromatic carbocycles. The van der Waals surface area contributed by atoms with Crippen LogP contribution >= 0.6 is 0 Å². The Labute approximate surface area is 69.8 Å². The lowest BCUT2D eigenvalue weighted by molar-refractivity contribution is 0.306. The summed E-state index contributed by atoms with van der Waals surface area (Å²) in [5.41, 5.74) is 1.68. The molecule has 0 amide bonds. The minimum Gasteiger partial charge on any atom is -0.335 e. The van der Waals surface area contributed by atoms with E-state index in [1.165, 1.54) is 4.68 Å². The molecule has 0 atom stereocenters. The molecule has 1 aliphatic rings. The highest BCUT2D eigenvalue weighted by Crippen LogP contribution is 2.11. The molecule has 0 bridgehead atoms. The number of hydrogen-bond acceptors (Lipinski definition) is 3. The fourth-order valence-electron chi connectivity index (χ4n) is 1.58. The van der Waals surface area contributed by atoms with E-state index in [0.29, 0.717) is 0 Å². The van der Waals surface area contributed by atoms with Crippen molar-refractivity contribution in [3.05, 3.63) is 21.9 Å². The number of nitrogen functional groups attached to an aromatic ring is 1. The van der Waals surface area contributed by atoms with Crippen LogP contribution in [0.1, 0.15) is 11.4 Å². The van der Waals surface area contributed by atoms with Gasteiger partial charge < -0.3 is 15.7 Å². The Kier molecular flexibility index (Phi) is 1.47. The van der Waals surface area contributed by atoms with E-state index in [-0.39, 0.29) is 5.69 Å². The minimum absolute atomic E-state index is 0.213. The van der Waals surface area contributed by atoms with Crippen LogP contribution in [-0.2, 0) is 13.0 Å². The summed E-state index contributed by atoms with van der Waals surface area (Å²) < 4.78 is 1.21. The zero-order valence-electron chi connectivity index (χ0n) is 7.00. The van der Waals surface area contributed by atoms with E-state index >= 15 is 0 Å². The second-order valence-electron chi connectivity index (χ2n) is 3.21. The number of aromatic nitrogens is 2. The van der Waals surface area contributed by atoms with E-state index < -0.39 is 0 Å². The van der Waals surface area contributed by atoms with Crippen LogP contribution in [0.25, 0.3) is 0 Å². The summed E-state index contributed by atoms with van der Waals surface area (Å²) in [6.07, 6.45) is 0.848. The van der Waals surface area contributed by atoms with Gasteiger partial charge in [-0.1, -0.05) is 0 Å². The standard InChI is InChI=1S/C7H12N4O/c1-10-3-2-6-5(4-10)9-7(12)11(6)8/h2-4,8H2,1H3,(H,9,12). The molecule has 12 heavy (non-hydrogen) atoms. The second-order valence-corrected chi connectivity index (χ2v) is 3.21. The van der Waals surface area contributed by atoms with Crippen molar-refractivity contribution in [2.45, 2.75) is 13.0 Å². The number of nitrogens with one attached hydrogen (secondary N) is 1. The third-order valence-corrected chi connectivity index (χ3v) is 2.27. The molecule has 0 saturated heterocycles. The van der Waals surface area contributed by atoms with Crippen LogP contribution in [0.4, 0.5) is 0 Å². The maximum Gasteiger partial charge on any atom is 0.344 e. The van der Waals surface area contributed by atoms with Crippen molar-refractivity contribution in [2.75, 3.05) is 19.4 Å². The normalized spacial score (nSPS) is 17.8. The molecule has 0 saturated carbocycles. The molecule has 0 unspecified atom stereocenters. The van der Waals surface area contributed by atoms with Gasteiger partial charge in [0.05, 0.1) is 11.4 Å². The number of nitrogens with zero attached hydrogens (tertiary/aromatic N) is 2. The largest absolute Gasteiger partial charge is 0.344 e. The summed E-state index contributed by atoms with van der Waals surface area (Å²) in [5.74, 6) is 5.52. The van der Waals surface area contributed by atoms with Gasteiger partial charge in [-0.25, -0.2) is 9.47 Å². The Balaban J connectivity index is 2.50. The topological polar surface area (TPSA) is 67.0 Å². The first-order chi connectivity index (χ1) is 5.68. The lowest BCUT2D eigenvalue weighted by Crippen LogP contribution is -2.30. The van der Waals surface area contributed by atoms with Crippen LogP contribution in [0.15, 0.2) is 4.79 Å². The smallest absolute Gasteiger partial charge is 0.335 e. The lowest BCUT2D eigenvalue weighted by Gasteiger charge is -2.21. The number of nitrogens with two attached hydrogens (primary N) is 1. The van der Waals surface area contributed by atoms with Gasteiger partial charge in [-0.2, -0.15) is 0 Å². The zero-order chi connectivity index (χ0) is 8.72. The fourth-order valence-corrected chi connectivity index (χ4v) is 1.58. The first-order valence-electron chi connectivity index (χ1n) is 3.95. The molecule has 5 heteroatoms. The van der Waals surface area contributed by atoms with E-state index in [1.807, 2.05) is 7.05 Å². The molecular formula is C7H12N4O. The van der Waals surface area contributed by atoms with Gasteiger partial charge in [0.25, 0.3) is 0 Å². The molecule has 1 aliphatic heterocycles. The molecule has 2 rings (SSSR count). The van der Waals surface area contributed by atoms with E-state index in [1.54, 1.807) is 0 Å². The number of fused-ring (bicyclic) bond motifs is 1. The Hall–Kier alpha value is -1.23. The van der Waals surface area contributed by atoms with Crippen molar-refractivity contribution in [3.63, 3.8) is 0 Å². The van der Waals surface area contributed by atoms with E-state index in [2.05, 4.69) is 9.88 Å². The first kappa shape index (κ1) is 7.42. The third-order valence-electron chi connectivity index (χ3n) is 2.27. The maximum absolute atomic E-state index is 11.1. The monoisotopic (exact) mass is 168 g/mol. The molecule has 66 valence electrons.